The summed E-state index contributed by atoms with van der Waals surface area (Å²) in [5, 5.41) is 5.38. The summed E-state index contributed by atoms with van der Waals surface area (Å²) in [6.45, 7) is 4.53. The Balaban J connectivity index is 2.53. The van der Waals surface area contributed by atoms with Crippen molar-refractivity contribution in [1.82, 2.24) is 9.55 Å². The van der Waals surface area contributed by atoms with Gasteiger partial charge in [-0.25, -0.2) is 18.5 Å². The fourth-order valence-corrected chi connectivity index (χ4v) is 3.54. The maximum atomic E-state index is 11.5. The van der Waals surface area contributed by atoms with Crippen LogP contribution in [0.3, 0.4) is 0 Å². The molecule has 7 nitrogen and oxygen atoms in total. The van der Waals surface area contributed by atoms with Crippen LogP contribution in [0.4, 0.5) is 0 Å². The van der Waals surface area contributed by atoms with Crippen molar-refractivity contribution in [2.45, 2.75) is 48.5 Å². The molecule has 4 N–H and O–H groups in total. The van der Waals surface area contributed by atoms with Crippen molar-refractivity contribution < 1.29 is 13.2 Å². The summed E-state index contributed by atoms with van der Waals surface area (Å²) in [6, 6.07) is 4.61. The molecule has 0 bridgehead atoms. The molecule has 0 unspecified atom stereocenters. The lowest BCUT2D eigenvalue weighted by molar-refractivity contribution is -0.117. The number of imidazole rings is 1. The van der Waals surface area contributed by atoms with Gasteiger partial charge in [-0.1, -0.05) is 25.1 Å². The first-order valence-electron chi connectivity index (χ1n) is 7.23. The molecule has 1 atom stereocenters. The number of benzene rings is 1. The number of hydrogen-bond acceptors (Lipinski definition) is 5. The van der Waals surface area contributed by atoms with Gasteiger partial charge in [0.05, 0.1) is 21.2 Å². The number of primary sulfonamides is 1. The van der Waals surface area contributed by atoms with Gasteiger partial charge in [0.15, 0.2) is 5.16 Å². The molecule has 9 heteroatoms. The van der Waals surface area contributed by atoms with E-state index in [0.717, 1.165) is 24.9 Å². The molecule has 0 saturated heterocycles. The van der Waals surface area contributed by atoms with Crippen LogP contribution in [-0.2, 0) is 21.4 Å². The maximum absolute atomic E-state index is 11.5. The van der Waals surface area contributed by atoms with Gasteiger partial charge in [0, 0.05) is 6.54 Å². The smallest absolute Gasteiger partial charge is 0.238 e. The summed E-state index contributed by atoms with van der Waals surface area (Å²) in [5.41, 5.74) is 6.66. The first-order chi connectivity index (χ1) is 10.7. The molecule has 0 aliphatic heterocycles. The minimum absolute atomic E-state index is 0.0182. The molecule has 2 rings (SSSR count). The van der Waals surface area contributed by atoms with Crippen molar-refractivity contribution in [2.24, 2.45) is 10.9 Å². The van der Waals surface area contributed by atoms with Gasteiger partial charge in [0.25, 0.3) is 0 Å². The highest BCUT2D eigenvalue weighted by molar-refractivity contribution is 8.00. The summed E-state index contributed by atoms with van der Waals surface area (Å²) in [7, 11) is -3.78. The van der Waals surface area contributed by atoms with Gasteiger partial charge in [0.2, 0.25) is 15.9 Å². The fraction of sp³-hybridized carbons (Fsp3) is 0.429. The SMILES string of the molecule is CCCCn1c(S[C@H](C)C(N)=O)nc2cc(S(N)(=O)=O)ccc21. The Bertz CT molecular complexity index is 830. The lowest BCUT2D eigenvalue weighted by Gasteiger charge is -2.10. The van der Waals surface area contributed by atoms with Crippen LogP contribution in [0.15, 0.2) is 28.3 Å². The average molecular weight is 356 g/mol. The lowest BCUT2D eigenvalue weighted by atomic mass is 10.3. The number of hydrogen-bond donors (Lipinski definition) is 2. The Morgan fingerprint density at radius 3 is 2.70 bits per heavy atom. The quantitative estimate of drug-likeness (QED) is 0.727. The number of nitrogens with two attached hydrogens (primary N) is 2. The Morgan fingerprint density at radius 2 is 2.13 bits per heavy atom. The summed E-state index contributed by atoms with van der Waals surface area (Å²) < 4.78 is 25.0. The number of aromatic nitrogens is 2. The summed E-state index contributed by atoms with van der Waals surface area (Å²) in [6.07, 6.45) is 1.95. The second-order valence-corrected chi connectivity index (χ2v) is 8.13. The minimum Gasteiger partial charge on any atom is -0.369 e. The molecule has 0 radical (unpaired) electrons. The third-order valence-electron chi connectivity index (χ3n) is 3.43. The van der Waals surface area contributed by atoms with Crippen LogP contribution in [0.25, 0.3) is 11.0 Å². The van der Waals surface area contributed by atoms with Gasteiger partial charge in [-0.05, 0) is 31.5 Å². The van der Waals surface area contributed by atoms with Crippen molar-refractivity contribution in [1.29, 1.82) is 0 Å². The predicted octanol–water partition coefficient (Wildman–Crippen LogP) is 1.45. The third kappa shape index (κ3) is 4.04. The van der Waals surface area contributed by atoms with Crippen LogP contribution in [0.1, 0.15) is 26.7 Å². The van der Waals surface area contributed by atoms with E-state index in [1.165, 1.54) is 23.9 Å². The highest BCUT2D eigenvalue weighted by Crippen LogP contribution is 2.28. The van der Waals surface area contributed by atoms with E-state index in [1.807, 2.05) is 4.57 Å². The molecule has 0 aliphatic rings. The van der Waals surface area contributed by atoms with Crippen molar-refractivity contribution in [3.8, 4) is 0 Å². The predicted molar refractivity (Wildman–Crippen MR) is 90.5 cm³/mol. The van der Waals surface area contributed by atoms with Gasteiger partial charge in [0.1, 0.15) is 0 Å². The molecule has 0 aliphatic carbocycles. The normalized spacial score (nSPS) is 13.3. The topological polar surface area (TPSA) is 121 Å². The van der Waals surface area contributed by atoms with Gasteiger partial charge in [-0.3, -0.25) is 4.79 Å². The van der Waals surface area contributed by atoms with E-state index in [4.69, 9.17) is 10.9 Å². The molecule has 1 amide bonds. The zero-order valence-electron chi connectivity index (χ0n) is 13.0. The van der Waals surface area contributed by atoms with Crippen LogP contribution < -0.4 is 10.9 Å². The number of sulfonamides is 1. The van der Waals surface area contributed by atoms with Gasteiger partial charge >= 0.3 is 0 Å². The van der Waals surface area contributed by atoms with E-state index in [-0.39, 0.29) is 4.90 Å². The first-order valence-corrected chi connectivity index (χ1v) is 9.65. The number of thioether (sulfide) groups is 1. The maximum Gasteiger partial charge on any atom is 0.238 e. The van der Waals surface area contributed by atoms with E-state index < -0.39 is 21.2 Å². The molecular weight excluding hydrogens is 336 g/mol. The van der Waals surface area contributed by atoms with Crippen molar-refractivity contribution >= 4 is 38.7 Å². The number of carbonyl (C=O) groups excluding carboxylic acids is 1. The van der Waals surface area contributed by atoms with E-state index in [9.17, 15) is 13.2 Å². The molecule has 0 saturated carbocycles. The fourth-order valence-electron chi connectivity index (χ4n) is 2.10. The van der Waals surface area contributed by atoms with E-state index >= 15 is 0 Å². The molecule has 23 heavy (non-hydrogen) atoms. The van der Waals surface area contributed by atoms with Crippen molar-refractivity contribution in [2.75, 3.05) is 0 Å². The minimum atomic E-state index is -3.78. The van der Waals surface area contributed by atoms with Crippen molar-refractivity contribution in [3.05, 3.63) is 18.2 Å². The number of rotatable bonds is 7. The van der Waals surface area contributed by atoms with Crippen LogP contribution in [0.5, 0.6) is 0 Å². The molecule has 1 heterocycles. The largest absolute Gasteiger partial charge is 0.369 e. The van der Waals surface area contributed by atoms with Crippen LogP contribution >= 0.6 is 11.8 Å². The second-order valence-electron chi connectivity index (χ2n) is 5.26. The van der Waals surface area contributed by atoms with Crippen LogP contribution in [0, 0.1) is 0 Å². The molecule has 2 aromatic rings. The van der Waals surface area contributed by atoms with Crippen LogP contribution in [0.2, 0.25) is 0 Å². The highest BCUT2D eigenvalue weighted by Gasteiger charge is 2.18. The highest BCUT2D eigenvalue weighted by atomic mass is 32.2. The number of fused-ring (bicyclic) bond motifs is 1. The molecule has 0 spiro atoms. The third-order valence-corrected chi connectivity index (χ3v) is 5.45. The molecule has 1 aromatic carbocycles. The number of aryl methyl sites for hydroxylation is 1. The van der Waals surface area contributed by atoms with Crippen LogP contribution in [-0.4, -0.2) is 29.1 Å². The zero-order chi connectivity index (χ0) is 17.2. The van der Waals surface area contributed by atoms with Gasteiger partial charge in [-0.15, -0.1) is 0 Å². The molecule has 126 valence electrons. The monoisotopic (exact) mass is 356 g/mol. The number of primary amides is 1. The summed E-state index contributed by atoms with van der Waals surface area (Å²) >= 11 is 1.26. The first kappa shape index (κ1) is 17.8. The standard InChI is InChI=1S/C14H20N4O3S2/c1-3-4-7-18-12-6-5-10(23(16,20)21)8-11(12)17-14(18)22-9(2)13(15)19/h5-6,8-9H,3-4,7H2,1-2H3,(H2,15,19)(H2,16,20,21)/t9-/m1/s1. The summed E-state index contributed by atoms with van der Waals surface area (Å²) in [4.78, 5) is 15.8. The zero-order valence-corrected chi connectivity index (χ0v) is 14.7. The molecule has 1 aromatic heterocycles. The lowest BCUT2D eigenvalue weighted by Crippen LogP contribution is -2.23. The average Bonchev–Trinajstić information content (AvgIpc) is 2.80. The van der Waals surface area contributed by atoms with E-state index in [2.05, 4.69) is 11.9 Å². The number of unbranched alkanes of at least 4 members (excludes halogenated alkanes) is 1. The Kier molecular flexibility index (Phi) is 5.33. The Hall–Kier alpha value is -1.58. The summed E-state index contributed by atoms with van der Waals surface area (Å²) in [5.74, 6) is -0.422. The van der Waals surface area contributed by atoms with Crippen molar-refractivity contribution in [3.63, 3.8) is 0 Å². The molecular formula is C14H20N4O3S2. The second kappa shape index (κ2) is 6.90. The Morgan fingerprint density at radius 1 is 1.43 bits per heavy atom. The molecule has 0 fully saturated rings. The number of amides is 1. The van der Waals surface area contributed by atoms with Gasteiger partial charge in [-0.2, -0.15) is 0 Å². The Labute approximate surface area is 139 Å². The van der Waals surface area contributed by atoms with E-state index in [1.54, 1.807) is 13.0 Å². The number of carbonyl (C=O) groups is 1. The van der Waals surface area contributed by atoms with E-state index in [0.29, 0.717) is 10.7 Å². The number of nitrogens with zero attached hydrogens (tertiary/aromatic N) is 2. The van der Waals surface area contributed by atoms with Gasteiger partial charge < -0.3 is 10.3 Å².